The summed E-state index contributed by atoms with van der Waals surface area (Å²) < 4.78 is 14.9. The number of para-hydroxylation sites is 5. The Bertz CT molecular complexity index is 2130. The molecule has 4 aromatic heterocycles. The highest BCUT2D eigenvalue weighted by Crippen LogP contribution is 2.40. The lowest BCUT2D eigenvalue weighted by atomic mass is 10.1. The van der Waals surface area contributed by atoms with Crippen LogP contribution in [0.3, 0.4) is 0 Å². The lowest BCUT2D eigenvalue weighted by Crippen LogP contribution is -1.98. The van der Waals surface area contributed by atoms with Gasteiger partial charge in [-0.3, -0.25) is 4.57 Å². The highest BCUT2D eigenvalue weighted by atomic mass is 16.3. The van der Waals surface area contributed by atoms with Crippen LogP contribution in [0, 0.1) is 6.92 Å². The van der Waals surface area contributed by atoms with Crippen LogP contribution in [-0.2, 0) is 0 Å². The summed E-state index contributed by atoms with van der Waals surface area (Å²) in [6.07, 6.45) is 0. The quantitative estimate of drug-likeness (QED) is 0.258. The minimum Gasteiger partial charge on any atom is -0.454 e. The number of hydrogen-bond acceptors (Lipinski definition) is 4. The number of aromatic nitrogens is 3. The largest absolute Gasteiger partial charge is 0.454 e. The Labute approximate surface area is 205 Å². The molecule has 8 aromatic rings. The highest BCUT2D eigenvalue weighted by molar-refractivity contribution is 6.10. The topological polar surface area (TPSA) is 57.0 Å². The van der Waals surface area contributed by atoms with Crippen molar-refractivity contribution in [3.8, 4) is 17.1 Å². The monoisotopic (exact) mass is 465 g/mol. The minimum absolute atomic E-state index is 0.638. The third-order valence-corrected chi connectivity index (χ3v) is 6.93. The summed E-state index contributed by atoms with van der Waals surface area (Å²) in [5.41, 5.74) is 7.79. The van der Waals surface area contributed by atoms with Gasteiger partial charge in [0.1, 0.15) is 17.0 Å². The van der Waals surface area contributed by atoms with Crippen LogP contribution in [0.5, 0.6) is 0 Å². The number of pyridine rings is 1. The predicted octanol–water partition coefficient (Wildman–Crippen LogP) is 8.19. The Morgan fingerprint density at radius 2 is 1.39 bits per heavy atom. The zero-order chi connectivity index (χ0) is 23.8. The van der Waals surface area contributed by atoms with Crippen LogP contribution < -0.4 is 0 Å². The lowest BCUT2D eigenvalue weighted by molar-refractivity contribution is 0.653. The molecule has 0 spiro atoms. The van der Waals surface area contributed by atoms with Crippen LogP contribution in [-0.4, -0.2) is 14.5 Å². The van der Waals surface area contributed by atoms with Crippen molar-refractivity contribution >= 4 is 55.0 Å². The molecule has 0 radical (unpaired) electrons. The van der Waals surface area contributed by atoms with Crippen molar-refractivity contribution < 1.29 is 8.83 Å². The molecule has 0 N–H and O–H groups in total. The van der Waals surface area contributed by atoms with Gasteiger partial charge in [0.25, 0.3) is 0 Å². The number of fused-ring (bicyclic) bond motifs is 7. The highest BCUT2D eigenvalue weighted by Gasteiger charge is 2.22. The molecule has 5 heteroatoms. The molecule has 0 unspecified atom stereocenters. The maximum atomic E-state index is 6.41. The smallest absolute Gasteiger partial charge is 0.227 e. The van der Waals surface area contributed by atoms with Crippen molar-refractivity contribution in [2.45, 2.75) is 6.92 Å². The van der Waals surface area contributed by atoms with Crippen LogP contribution >= 0.6 is 0 Å². The van der Waals surface area contributed by atoms with Gasteiger partial charge in [0.2, 0.25) is 5.71 Å². The molecular formula is C31H19N3O2. The first-order chi connectivity index (χ1) is 17.8. The third-order valence-electron chi connectivity index (χ3n) is 6.93. The van der Waals surface area contributed by atoms with Gasteiger partial charge in [-0.2, -0.15) is 0 Å². The molecule has 0 atom stereocenters. The molecule has 4 aromatic carbocycles. The Morgan fingerprint density at radius 3 is 2.33 bits per heavy atom. The summed E-state index contributed by atoms with van der Waals surface area (Å²) in [6, 6.07) is 32.9. The number of rotatable bonds is 2. The van der Waals surface area contributed by atoms with E-state index >= 15 is 0 Å². The van der Waals surface area contributed by atoms with Crippen molar-refractivity contribution in [3.05, 3.63) is 103 Å². The van der Waals surface area contributed by atoms with E-state index in [1.165, 1.54) is 0 Å². The molecular weight excluding hydrogens is 446 g/mol. The van der Waals surface area contributed by atoms with E-state index in [1.54, 1.807) is 0 Å². The number of imidazole rings is 1. The van der Waals surface area contributed by atoms with Crippen molar-refractivity contribution in [1.29, 1.82) is 0 Å². The Kier molecular flexibility index (Phi) is 3.80. The van der Waals surface area contributed by atoms with E-state index in [0.717, 1.165) is 72.1 Å². The first-order valence-corrected chi connectivity index (χ1v) is 11.9. The molecule has 0 amide bonds. The van der Waals surface area contributed by atoms with Crippen LogP contribution in [0.1, 0.15) is 5.69 Å². The first-order valence-electron chi connectivity index (χ1n) is 11.9. The van der Waals surface area contributed by atoms with E-state index in [4.69, 9.17) is 13.8 Å². The second-order valence-electron chi connectivity index (χ2n) is 9.10. The number of furan rings is 2. The van der Waals surface area contributed by atoms with Gasteiger partial charge in [0, 0.05) is 27.2 Å². The molecule has 0 aliphatic heterocycles. The molecule has 0 saturated carbocycles. The number of hydrogen-bond donors (Lipinski definition) is 0. The molecule has 0 bridgehead atoms. The van der Waals surface area contributed by atoms with Crippen molar-refractivity contribution in [1.82, 2.24) is 14.5 Å². The summed E-state index contributed by atoms with van der Waals surface area (Å²) in [7, 11) is 0. The van der Waals surface area contributed by atoms with E-state index in [9.17, 15) is 0 Å². The number of nitrogens with zero attached hydrogens (tertiary/aromatic N) is 3. The van der Waals surface area contributed by atoms with Gasteiger partial charge < -0.3 is 8.83 Å². The van der Waals surface area contributed by atoms with Crippen LogP contribution in [0.2, 0.25) is 0 Å². The second-order valence-corrected chi connectivity index (χ2v) is 9.10. The summed E-state index contributed by atoms with van der Waals surface area (Å²) in [5.74, 6) is 0.797. The van der Waals surface area contributed by atoms with E-state index in [2.05, 4.69) is 64.1 Å². The molecule has 0 saturated heterocycles. The Hall–Kier alpha value is -4.90. The fourth-order valence-electron chi connectivity index (χ4n) is 5.31. The summed E-state index contributed by atoms with van der Waals surface area (Å²) in [5, 5.41) is 4.20. The van der Waals surface area contributed by atoms with Gasteiger partial charge in [-0.15, -0.1) is 0 Å². The maximum absolute atomic E-state index is 6.41. The van der Waals surface area contributed by atoms with Crippen molar-refractivity contribution in [2.24, 2.45) is 0 Å². The molecule has 4 heterocycles. The van der Waals surface area contributed by atoms with Gasteiger partial charge in [-0.25, -0.2) is 9.97 Å². The standard InChI is InChI=1S/C31H19N3O2/c1-18-16-17-22-21-9-6-11-23(28(21)36-31(22)32-18)30-33-24-12-3-4-13-25(24)34(30)26-14-7-10-20-19-8-2-5-15-27(19)35-29(20)26/h2-17H,1H3. The molecule has 8 rings (SSSR count). The Morgan fingerprint density at radius 1 is 0.611 bits per heavy atom. The number of aryl methyl sites for hydroxylation is 1. The van der Waals surface area contributed by atoms with Crippen molar-refractivity contribution in [3.63, 3.8) is 0 Å². The average Bonchev–Trinajstić information content (AvgIpc) is 3.59. The van der Waals surface area contributed by atoms with Gasteiger partial charge in [0.15, 0.2) is 5.58 Å². The molecule has 5 nitrogen and oxygen atoms in total. The SMILES string of the molecule is Cc1ccc2c(n1)oc1c(-c3nc4ccccc4n3-c3cccc4c3oc3ccccc34)cccc12. The summed E-state index contributed by atoms with van der Waals surface area (Å²) in [4.78, 5) is 9.73. The summed E-state index contributed by atoms with van der Waals surface area (Å²) >= 11 is 0. The molecule has 0 fully saturated rings. The fourth-order valence-corrected chi connectivity index (χ4v) is 5.31. The van der Waals surface area contributed by atoms with E-state index in [-0.39, 0.29) is 0 Å². The predicted molar refractivity (Wildman–Crippen MR) is 144 cm³/mol. The molecule has 0 aliphatic rings. The maximum Gasteiger partial charge on any atom is 0.227 e. The number of benzene rings is 4. The van der Waals surface area contributed by atoms with Crippen LogP contribution in [0.4, 0.5) is 0 Å². The van der Waals surface area contributed by atoms with Crippen molar-refractivity contribution in [2.75, 3.05) is 0 Å². The van der Waals surface area contributed by atoms with Gasteiger partial charge in [-0.1, -0.05) is 54.6 Å². The van der Waals surface area contributed by atoms with Gasteiger partial charge >= 0.3 is 0 Å². The normalized spacial score (nSPS) is 12.0. The van der Waals surface area contributed by atoms with E-state index in [1.807, 2.05) is 49.4 Å². The zero-order valence-corrected chi connectivity index (χ0v) is 19.4. The molecule has 0 aliphatic carbocycles. The zero-order valence-electron chi connectivity index (χ0n) is 19.4. The van der Waals surface area contributed by atoms with Crippen LogP contribution in [0.15, 0.2) is 106 Å². The van der Waals surface area contributed by atoms with Gasteiger partial charge in [-0.05, 0) is 49.4 Å². The van der Waals surface area contributed by atoms with Crippen LogP contribution in [0.25, 0.3) is 72.1 Å². The van der Waals surface area contributed by atoms with Gasteiger partial charge in [0.05, 0.1) is 22.3 Å². The fraction of sp³-hybridized carbons (Fsp3) is 0.0323. The lowest BCUT2D eigenvalue weighted by Gasteiger charge is -2.10. The third kappa shape index (κ3) is 2.59. The molecule has 36 heavy (non-hydrogen) atoms. The second kappa shape index (κ2) is 7.06. The molecule has 170 valence electrons. The minimum atomic E-state index is 0.638. The first kappa shape index (κ1) is 19.4. The summed E-state index contributed by atoms with van der Waals surface area (Å²) in [6.45, 7) is 1.97. The Balaban J connectivity index is 1.50. The van der Waals surface area contributed by atoms with E-state index < -0.39 is 0 Å². The van der Waals surface area contributed by atoms with E-state index in [0.29, 0.717) is 5.71 Å². The average molecular weight is 466 g/mol.